The molecule has 2 heterocycles. The third kappa shape index (κ3) is 2.84. The molecule has 0 saturated carbocycles. The van der Waals surface area contributed by atoms with E-state index in [1.54, 1.807) is 0 Å². The number of hydrogen-bond donors (Lipinski definition) is 1. The maximum atomic E-state index is 4.63. The average molecular weight is 256 g/mol. The number of aromatic nitrogens is 2. The van der Waals surface area contributed by atoms with Crippen LogP contribution in [0.3, 0.4) is 0 Å². The van der Waals surface area contributed by atoms with Crippen LogP contribution in [0, 0.1) is 0 Å². The Morgan fingerprint density at radius 1 is 1.32 bits per heavy atom. The molecule has 0 spiro atoms. The maximum Gasteiger partial charge on any atom is 0.225 e. The molecule has 1 saturated heterocycles. The summed E-state index contributed by atoms with van der Waals surface area (Å²) in [5.74, 6) is 0.811. The highest BCUT2D eigenvalue weighted by Crippen LogP contribution is 2.15. The molecule has 100 valence electrons. The number of benzene rings is 1. The summed E-state index contributed by atoms with van der Waals surface area (Å²) in [7, 11) is 2.07. The van der Waals surface area contributed by atoms with Gasteiger partial charge in [0.1, 0.15) is 0 Å². The Hall–Kier alpha value is -1.68. The normalized spacial score (nSPS) is 19.5. The molecule has 3 rings (SSSR count). The first kappa shape index (κ1) is 12.4. The van der Waals surface area contributed by atoms with E-state index in [0.717, 1.165) is 29.9 Å². The van der Waals surface area contributed by atoms with Gasteiger partial charge in [-0.05, 0) is 25.5 Å². The lowest BCUT2D eigenvalue weighted by molar-refractivity contribution is 0.402. The smallest absolute Gasteiger partial charge is 0.225 e. The lowest BCUT2D eigenvalue weighted by Gasteiger charge is -2.28. The molecule has 4 nitrogen and oxygen atoms in total. The number of nitrogens with one attached hydrogen (secondary N) is 1. The van der Waals surface area contributed by atoms with Gasteiger partial charge < -0.3 is 10.2 Å². The fourth-order valence-electron chi connectivity index (χ4n) is 2.64. The van der Waals surface area contributed by atoms with Crippen molar-refractivity contribution in [1.82, 2.24) is 15.3 Å². The third-order valence-electron chi connectivity index (χ3n) is 3.72. The molecule has 1 aromatic heterocycles. The molecule has 0 radical (unpaired) electrons. The van der Waals surface area contributed by atoms with Gasteiger partial charge in [0.2, 0.25) is 5.95 Å². The molecule has 1 fully saturated rings. The van der Waals surface area contributed by atoms with E-state index < -0.39 is 0 Å². The topological polar surface area (TPSA) is 41.0 Å². The average Bonchev–Trinajstić information content (AvgIpc) is 2.48. The summed E-state index contributed by atoms with van der Waals surface area (Å²) in [4.78, 5) is 11.2. The zero-order chi connectivity index (χ0) is 13.1. The van der Waals surface area contributed by atoms with Gasteiger partial charge in [-0.2, -0.15) is 0 Å². The molecule has 1 aliphatic heterocycles. The highest BCUT2D eigenvalue weighted by atomic mass is 15.2. The molecule has 0 aliphatic carbocycles. The Morgan fingerprint density at radius 3 is 3.05 bits per heavy atom. The van der Waals surface area contributed by atoms with E-state index in [0.29, 0.717) is 6.04 Å². The largest absolute Gasteiger partial charge is 0.342 e. The van der Waals surface area contributed by atoms with E-state index >= 15 is 0 Å². The van der Waals surface area contributed by atoms with Crippen molar-refractivity contribution in [3.8, 4) is 0 Å². The van der Waals surface area contributed by atoms with Gasteiger partial charge in [-0.3, -0.25) is 0 Å². The number of hydrogen-bond acceptors (Lipinski definition) is 4. The molecule has 19 heavy (non-hydrogen) atoms. The zero-order valence-corrected chi connectivity index (χ0v) is 11.3. The minimum absolute atomic E-state index is 0.564. The third-order valence-corrected chi connectivity index (χ3v) is 3.72. The van der Waals surface area contributed by atoms with Crippen LogP contribution in [0.2, 0.25) is 0 Å². The Bertz CT molecular complexity index is 549. The molecule has 2 aromatic rings. The van der Waals surface area contributed by atoms with Crippen LogP contribution >= 0.6 is 0 Å². The van der Waals surface area contributed by atoms with Crippen LogP contribution in [0.5, 0.6) is 0 Å². The summed E-state index contributed by atoms with van der Waals surface area (Å²) in [6.45, 7) is 2.11. The molecule has 1 atom stereocenters. The molecular weight excluding hydrogens is 236 g/mol. The molecule has 1 N–H and O–H groups in total. The zero-order valence-electron chi connectivity index (χ0n) is 11.3. The number of fused-ring (bicyclic) bond motifs is 1. The number of rotatable bonds is 3. The summed E-state index contributed by atoms with van der Waals surface area (Å²) in [6.07, 6.45) is 5.77. The minimum Gasteiger partial charge on any atom is -0.342 e. The van der Waals surface area contributed by atoms with Gasteiger partial charge in [0.15, 0.2) is 0 Å². The van der Waals surface area contributed by atoms with Crippen molar-refractivity contribution in [3.05, 3.63) is 30.5 Å². The second-order valence-electron chi connectivity index (χ2n) is 5.26. The van der Waals surface area contributed by atoms with Crippen molar-refractivity contribution >= 4 is 16.9 Å². The summed E-state index contributed by atoms with van der Waals surface area (Å²) in [5.41, 5.74) is 1.01. The summed E-state index contributed by atoms with van der Waals surface area (Å²) in [6, 6.07) is 8.67. The molecule has 0 bridgehead atoms. The number of likely N-dealkylation sites (N-methyl/N-ethyl adjacent to an activating group) is 1. The number of piperidine rings is 1. The quantitative estimate of drug-likeness (QED) is 0.914. The summed E-state index contributed by atoms with van der Waals surface area (Å²) < 4.78 is 0. The van der Waals surface area contributed by atoms with Crippen molar-refractivity contribution in [1.29, 1.82) is 0 Å². The van der Waals surface area contributed by atoms with Gasteiger partial charge in [-0.1, -0.05) is 24.6 Å². The first-order valence-corrected chi connectivity index (χ1v) is 6.99. The van der Waals surface area contributed by atoms with Crippen LogP contribution in [0.25, 0.3) is 10.9 Å². The molecule has 1 aliphatic rings. The van der Waals surface area contributed by atoms with Gasteiger partial charge in [-0.25, -0.2) is 9.97 Å². The summed E-state index contributed by atoms with van der Waals surface area (Å²) >= 11 is 0. The fraction of sp³-hybridized carbons (Fsp3) is 0.467. The van der Waals surface area contributed by atoms with Crippen LogP contribution in [-0.4, -0.2) is 36.1 Å². The predicted octanol–water partition coefficient (Wildman–Crippen LogP) is 2.21. The first-order chi connectivity index (χ1) is 9.33. The molecule has 4 heteroatoms. The van der Waals surface area contributed by atoms with E-state index in [1.807, 2.05) is 30.5 Å². The Labute approximate surface area is 113 Å². The van der Waals surface area contributed by atoms with E-state index in [9.17, 15) is 0 Å². The molecule has 1 aromatic carbocycles. The van der Waals surface area contributed by atoms with Crippen LogP contribution in [0.1, 0.15) is 19.3 Å². The highest BCUT2D eigenvalue weighted by Gasteiger charge is 2.16. The monoisotopic (exact) mass is 256 g/mol. The Kier molecular flexibility index (Phi) is 3.60. The number of para-hydroxylation sites is 1. The lowest BCUT2D eigenvalue weighted by Crippen LogP contribution is -2.42. The van der Waals surface area contributed by atoms with Crippen molar-refractivity contribution < 1.29 is 0 Å². The first-order valence-electron chi connectivity index (χ1n) is 6.99. The van der Waals surface area contributed by atoms with Gasteiger partial charge in [0.05, 0.1) is 5.52 Å². The van der Waals surface area contributed by atoms with Crippen LogP contribution in [0.15, 0.2) is 30.5 Å². The van der Waals surface area contributed by atoms with E-state index in [1.165, 1.54) is 19.3 Å². The van der Waals surface area contributed by atoms with Crippen molar-refractivity contribution in [2.24, 2.45) is 0 Å². The molecule has 0 amide bonds. The second-order valence-corrected chi connectivity index (χ2v) is 5.26. The van der Waals surface area contributed by atoms with Crippen molar-refractivity contribution in [2.45, 2.75) is 25.3 Å². The van der Waals surface area contributed by atoms with Crippen LogP contribution in [-0.2, 0) is 0 Å². The van der Waals surface area contributed by atoms with Crippen molar-refractivity contribution in [2.75, 3.05) is 25.0 Å². The minimum atomic E-state index is 0.564. The van der Waals surface area contributed by atoms with Gasteiger partial charge in [0, 0.05) is 31.2 Å². The van der Waals surface area contributed by atoms with Crippen molar-refractivity contribution in [3.63, 3.8) is 0 Å². The van der Waals surface area contributed by atoms with Gasteiger partial charge >= 0.3 is 0 Å². The standard InChI is InChI=1S/C15H20N4/c1-19(11-13-7-4-5-9-16-13)15-17-10-12-6-2-3-8-14(12)18-15/h2-3,6,8,10,13,16H,4-5,7,9,11H2,1H3. The molecule has 1 unspecified atom stereocenters. The van der Waals surface area contributed by atoms with E-state index in [4.69, 9.17) is 0 Å². The fourth-order valence-corrected chi connectivity index (χ4v) is 2.64. The van der Waals surface area contributed by atoms with Gasteiger partial charge in [0.25, 0.3) is 0 Å². The molecular formula is C15H20N4. The van der Waals surface area contributed by atoms with Crippen LogP contribution < -0.4 is 10.2 Å². The SMILES string of the molecule is CN(CC1CCCCN1)c1ncc2ccccc2n1. The number of nitrogens with zero attached hydrogens (tertiary/aromatic N) is 3. The van der Waals surface area contributed by atoms with Crippen LogP contribution in [0.4, 0.5) is 5.95 Å². The predicted molar refractivity (Wildman–Crippen MR) is 78.4 cm³/mol. The lowest BCUT2D eigenvalue weighted by atomic mass is 10.0. The van der Waals surface area contributed by atoms with Gasteiger partial charge in [-0.15, -0.1) is 0 Å². The second kappa shape index (κ2) is 5.53. The Balaban J connectivity index is 1.75. The Morgan fingerprint density at radius 2 is 2.21 bits per heavy atom. The van der Waals surface area contributed by atoms with E-state index in [2.05, 4.69) is 27.2 Å². The summed E-state index contributed by atoms with van der Waals surface area (Å²) in [5, 5.41) is 4.65. The van der Waals surface area contributed by atoms with E-state index in [-0.39, 0.29) is 0 Å². The highest BCUT2D eigenvalue weighted by molar-refractivity contribution is 5.78. The maximum absolute atomic E-state index is 4.63. The number of anilines is 1.